The van der Waals surface area contributed by atoms with Crippen molar-refractivity contribution in [1.29, 1.82) is 0 Å². The van der Waals surface area contributed by atoms with E-state index in [1.165, 1.54) is 12.4 Å². The highest BCUT2D eigenvalue weighted by molar-refractivity contribution is 6.04. The topological polar surface area (TPSA) is 85.4 Å². The molecule has 0 saturated heterocycles. The van der Waals surface area contributed by atoms with Gasteiger partial charge in [0.05, 0.1) is 5.56 Å². The molecule has 1 aliphatic heterocycles. The van der Waals surface area contributed by atoms with Gasteiger partial charge in [-0.05, 0) is 49.2 Å². The van der Waals surface area contributed by atoms with Gasteiger partial charge in [0, 0.05) is 29.8 Å². The molecule has 0 aliphatic carbocycles. The van der Waals surface area contributed by atoms with Gasteiger partial charge in [-0.25, -0.2) is 9.97 Å². The largest absolute Gasteiger partial charge is 0.486 e. The van der Waals surface area contributed by atoms with E-state index in [0.29, 0.717) is 41.9 Å². The Labute approximate surface area is 162 Å². The van der Waals surface area contributed by atoms with Crippen LogP contribution in [0.3, 0.4) is 0 Å². The van der Waals surface area contributed by atoms with E-state index >= 15 is 0 Å². The molecule has 0 spiro atoms. The number of aromatic nitrogens is 2. The molecule has 1 aromatic heterocycles. The van der Waals surface area contributed by atoms with E-state index in [1.807, 2.05) is 26.0 Å². The smallest absolute Gasteiger partial charge is 0.258 e. The first kappa shape index (κ1) is 17.8. The normalized spacial score (nSPS) is 12.4. The average molecular weight is 376 g/mol. The third kappa shape index (κ3) is 4.03. The number of anilines is 3. The van der Waals surface area contributed by atoms with E-state index in [2.05, 4.69) is 26.7 Å². The van der Waals surface area contributed by atoms with Gasteiger partial charge in [-0.1, -0.05) is 6.07 Å². The van der Waals surface area contributed by atoms with Crippen LogP contribution in [-0.2, 0) is 0 Å². The molecular weight excluding hydrogens is 356 g/mol. The van der Waals surface area contributed by atoms with Crippen LogP contribution in [0.2, 0.25) is 0 Å². The quantitative estimate of drug-likeness (QED) is 0.719. The highest BCUT2D eigenvalue weighted by Gasteiger charge is 2.14. The van der Waals surface area contributed by atoms with Crippen LogP contribution in [0.4, 0.5) is 17.3 Å². The van der Waals surface area contributed by atoms with Crippen LogP contribution in [0.1, 0.15) is 21.5 Å². The van der Waals surface area contributed by atoms with E-state index in [-0.39, 0.29) is 5.91 Å². The molecule has 2 aromatic carbocycles. The van der Waals surface area contributed by atoms with Crippen LogP contribution >= 0.6 is 0 Å². The zero-order valence-corrected chi connectivity index (χ0v) is 15.7. The second-order valence-corrected chi connectivity index (χ2v) is 6.61. The molecule has 1 amide bonds. The molecule has 3 aromatic rings. The van der Waals surface area contributed by atoms with Gasteiger partial charge in [0.1, 0.15) is 13.2 Å². The summed E-state index contributed by atoms with van der Waals surface area (Å²) < 4.78 is 11.0. The second kappa shape index (κ2) is 7.56. The Kier molecular flexibility index (Phi) is 4.80. The second-order valence-electron chi connectivity index (χ2n) is 6.61. The molecule has 142 valence electrons. The van der Waals surface area contributed by atoms with Crippen molar-refractivity contribution in [3.05, 3.63) is 65.5 Å². The fourth-order valence-electron chi connectivity index (χ4n) is 3.01. The minimum Gasteiger partial charge on any atom is -0.486 e. The Morgan fingerprint density at radius 3 is 2.29 bits per heavy atom. The minimum atomic E-state index is -0.297. The average Bonchev–Trinajstić information content (AvgIpc) is 2.67. The molecule has 28 heavy (non-hydrogen) atoms. The number of carbonyl (C=O) groups is 1. The molecule has 0 bridgehead atoms. The van der Waals surface area contributed by atoms with Crippen molar-refractivity contribution in [3.63, 3.8) is 0 Å². The molecule has 0 unspecified atom stereocenters. The van der Waals surface area contributed by atoms with Gasteiger partial charge < -0.3 is 20.1 Å². The van der Waals surface area contributed by atoms with Gasteiger partial charge in [0.2, 0.25) is 5.95 Å². The Balaban J connectivity index is 1.44. The van der Waals surface area contributed by atoms with Gasteiger partial charge >= 0.3 is 0 Å². The van der Waals surface area contributed by atoms with Crippen LogP contribution in [0.25, 0.3) is 0 Å². The molecule has 7 heteroatoms. The molecule has 4 rings (SSSR count). The van der Waals surface area contributed by atoms with E-state index in [0.717, 1.165) is 16.8 Å². The van der Waals surface area contributed by atoms with Gasteiger partial charge in [0.25, 0.3) is 5.91 Å². The molecule has 1 aliphatic rings. The molecular formula is C21H20N4O3. The summed E-state index contributed by atoms with van der Waals surface area (Å²) >= 11 is 0. The van der Waals surface area contributed by atoms with Gasteiger partial charge in [-0.15, -0.1) is 0 Å². The maximum absolute atomic E-state index is 12.5. The predicted octanol–water partition coefficient (Wildman–Crippen LogP) is 3.86. The third-order valence-electron chi connectivity index (χ3n) is 4.19. The summed E-state index contributed by atoms with van der Waals surface area (Å²) in [6.07, 6.45) is 2.98. The summed E-state index contributed by atoms with van der Waals surface area (Å²) in [5, 5.41) is 5.97. The molecule has 0 fully saturated rings. The monoisotopic (exact) mass is 376 g/mol. The lowest BCUT2D eigenvalue weighted by atomic mass is 10.1. The number of hydrogen-bond donors (Lipinski definition) is 2. The first-order valence-corrected chi connectivity index (χ1v) is 8.95. The number of rotatable bonds is 4. The Morgan fingerprint density at radius 2 is 1.57 bits per heavy atom. The molecule has 2 heterocycles. The summed E-state index contributed by atoms with van der Waals surface area (Å²) in [5.41, 5.74) is 4.19. The minimum absolute atomic E-state index is 0.297. The first-order valence-electron chi connectivity index (χ1n) is 8.95. The first-order chi connectivity index (χ1) is 13.6. The van der Waals surface area contributed by atoms with Crippen LogP contribution in [-0.4, -0.2) is 29.1 Å². The summed E-state index contributed by atoms with van der Waals surface area (Å²) in [6.45, 7) is 5.08. The number of benzene rings is 2. The number of nitrogens with one attached hydrogen (secondary N) is 2. The lowest BCUT2D eigenvalue weighted by Crippen LogP contribution is -2.16. The fourth-order valence-corrected chi connectivity index (χ4v) is 3.01. The number of fused-ring (bicyclic) bond motifs is 1. The molecule has 2 N–H and O–H groups in total. The highest BCUT2D eigenvalue weighted by Crippen LogP contribution is 2.32. The standard InChI is InChI=1S/C21H20N4O3/c1-13-7-14(2)9-17(8-13)25-21-22-11-15(12-23-21)20(26)24-16-3-4-18-19(10-16)28-6-5-27-18/h3-4,7-12H,5-6H2,1-2H3,(H,24,26)(H,22,23,25). The fraction of sp³-hybridized carbons (Fsp3) is 0.190. The van der Waals surface area contributed by atoms with Crippen LogP contribution < -0.4 is 20.1 Å². The summed E-state index contributed by atoms with van der Waals surface area (Å²) in [7, 11) is 0. The Bertz CT molecular complexity index is 998. The maximum Gasteiger partial charge on any atom is 0.258 e. The number of hydrogen-bond acceptors (Lipinski definition) is 6. The third-order valence-corrected chi connectivity index (χ3v) is 4.19. The lowest BCUT2D eigenvalue weighted by Gasteiger charge is -2.19. The van der Waals surface area contributed by atoms with E-state index in [4.69, 9.17) is 9.47 Å². The SMILES string of the molecule is Cc1cc(C)cc(Nc2ncc(C(=O)Nc3ccc4c(c3)OCCO4)cn2)c1. The predicted molar refractivity (Wildman–Crippen MR) is 107 cm³/mol. The van der Waals surface area contributed by atoms with Crippen molar-refractivity contribution >= 4 is 23.2 Å². The van der Waals surface area contributed by atoms with E-state index in [1.54, 1.807) is 18.2 Å². The highest BCUT2D eigenvalue weighted by atomic mass is 16.6. The number of ether oxygens (including phenoxy) is 2. The molecule has 7 nitrogen and oxygen atoms in total. The number of amides is 1. The molecule has 0 radical (unpaired) electrons. The van der Waals surface area contributed by atoms with Crippen molar-refractivity contribution < 1.29 is 14.3 Å². The molecule has 0 saturated carbocycles. The van der Waals surface area contributed by atoms with Crippen LogP contribution in [0.5, 0.6) is 11.5 Å². The van der Waals surface area contributed by atoms with Crippen molar-refractivity contribution in [1.82, 2.24) is 9.97 Å². The zero-order chi connectivity index (χ0) is 19.5. The van der Waals surface area contributed by atoms with Crippen molar-refractivity contribution in [2.24, 2.45) is 0 Å². The van der Waals surface area contributed by atoms with Crippen LogP contribution in [0.15, 0.2) is 48.8 Å². The van der Waals surface area contributed by atoms with E-state index in [9.17, 15) is 4.79 Å². The number of nitrogens with zero attached hydrogens (tertiary/aromatic N) is 2. The van der Waals surface area contributed by atoms with Crippen molar-refractivity contribution in [2.45, 2.75) is 13.8 Å². The van der Waals surface area contributed by atoms with Crippen LogP contribution in [0, 0.1) is 13.8 Å². The van der Waals surface area contributed by atoms with Crippen molar-refractivity contribution in [2.75, 3.05) is 23.8 Å². The van der Waals surface area contributed by atoms with Gasteiger partial charge in [-0.2, -0.15) is 0 Å². The van der Waals surface area contributed by atoms with E-state index < -0.39 is 0 Å². The number of aryl methyl sites for hydroxylation is 2. The summed E-state index contributed by atoms with van der Waals surface area (Å²) in [5.74, 6) is 1.43. The maximum atomic E-state index is 12.5. The molecule has 0 atom stereocenters. The number of carbonyl (C=O) groups excluding carboxylic acids is 1. The van der Waals surface area contributed by atoms with Gasteiger partial charge in [0.15, 0.2) is 11.5 Å². The summed E-state index contributed by atoms with van der Waals surface area (Å²) in [4.78, 5) is 20.9. The lowest BCUT2D eigenvalue weighted by molar-refractivity contribution is 0.102. The van der Waals surface area contributed by atoms with Crippen molar-refractivity contribution in [3.8, 4) is 11.5 Å². The Hall–Kier alpha value is -3.61. The summed E-state index contributed by atoms with van der Waals surface area (Å²) in [6, 6.07) is 11.4. The zero-order valence-electron chi connectivity index (χ0n) is 15.7. The van der Waals surface area contributed by atoms with Gasteiger partial charge in [-0.3, -0.25) is 4.79 Å². The Morgan fingerprint density at radius 1 is 0.893 bits per heavy atom.